The van der Waals surface area contributed by atoms with Crippen molar-refractivity contribution in [3.8, 4) is 0 Å². The molecular formula is C32H35N5O3. The highest BCUT2D eigenvalue weighted by molar-refractivity contribution is 6.01. The zero-order valence-corrected chi connectivity index (χ0v) is 23.0. The molecule has 4 amide bonds. The maximum atomic E-state index is 13.0. The average Bonchev–Trinajstić information content (AvgIpc) is 3.27. The summed E-state index contributed by atoms with van der Waals surface area (Å²) in [6.45, 7) is 7.84. The summed E-state index contributed by atoms with van der Waals surface area (Å²) in [5, 5.41) is 5.10. The van der Waals surface area contributed by atoms with Gasteiger partial charge >= 0.3 is 6.03 Å². The van der Waals surface area contributed by atoms with Crippen molar-refractivity contribution in [2.24, 2.45) is 0 Å². The molecule has 0 aromatic heterocycles. The Morgan fingerprint density at radius 3 is 2.05 bits per heavy atom. The lowest BCUT2D eigenvalue weighted by molar-refractivity contribution is -0.123. The van der Waals surface area contributed by atoms with Crippen LogP contribution in [0.25, 0.3) is 0 Å². The van der Waals surface area contributed by atoms with Crippen LogP contribution in [-0.2, 0) is 17.9 Å². The van der Waals surface area contributed by atoms with E-state index in [0.29, 0.717) is 24.2 Å². The summed E-state index contributed by atoms with van der Waals surface area (Å²) in [5.74, 6) is -0.509. The fourth-order valence-electron chi connectivity index (χ4n) is 6.59. The van der Waals surface area contributed by atoms with Gasteiger partial charge in [-0.25, -0.2) is 14.8 Å². The Bertz CT molecular complexity index is 1360. The summed E-state index contributed by atoms with van der Waals surface area (Å²) < 4.78 is 0. The van der Waals surface area contributed by atoms with Crippen LogP contribution in [0.15, 0.2) is 78.9 Å². The molecule has 0 bridgehead atoms. The van der Waals surface area contributed by atoms with Gasteiger partial charge in [-0.1, -0.05) is 72.8 Å². The van der Waals surface area contributed by atoms with Crippen LogP contribution >= 0.6 is 0 Å². The SMILES string of the molecule is CC1CN(Cc2ccc3c(c2)CN(N2CCC(=O)NC2=O)C3=O)CC(C)N1C(c1ccccc1)c1ccccc1. The number of amides is 4. The second-order valence-corrected chi connectivity index (χ2v) is 11.1. The van der Waals surface area contributed by atoms with E-state index in [0.717, 1.165) is 30.8 Å². The quantitative estimate of drug-likeness (QED) is 0.511. The van der Waals surface area contributed by atoms with E-state index in [9.17, 15) is 14.4 Å². The number of carbonyl (C=O) groups is 3. The van der Waals surface area contributed by atoms with Crippen LogP contribution in [0.1, 0.15) is 58.9 Å². The fourth-order valence-corrected chi connectivity index (χ4v) is 6.59. The van der Waals surface area contributed by atoms with Crippen molar-refractivity contribution in [1.29, 1.82) is 0 Å². The minimum Gasteiger partial charge on any atom is -0.296 e. The molecule has 3 aliphatic heterocycles. The first-order valence-electron chi connectivity index (χ1n) is 14.0. The van der Waals surface area contributed by atoms with Crippen LogP contribution in [0, 0.1) is 0 Å². The van der Waals surface area contributed by atoms with Gasteiger partial charge in [-0.2, -0.15) is 0 Å². The smallest absolute Gasteiger partial charge is 0.296 e. The Labute approximate surface area is 235 Å². The third-order valence-corrected chi connectivity index (χ3v) is 8.28. The number of carbonyl (C=O) groups excluding carboxylic acids is 3. The highest BCUT2D eigenvalue weighted by Gasteiger charge is 2.38. The lowest BCUT2D eigenvalue weighted by atomic mass is 9.92. The highest BCUT2D eigenvalue weighted by Crippen LogP contribution is 2.35. The molecule has 2 atom stereocenters. The summed E-state index contributed by atoms with van der Waals surface area (Å²) >= 11 is 0. The number of hydrogen-bond donors (Lipinski definition) is 1. The van der Waals surface area contributed by atoms with Gasteiger partial charge in [0.15, 0.2) is 0 Å². The first-order chi connectivity index (χ1) is 19.4. The molecule has 1 N–H and O–H groups in total. The number of hydrogen-bond acceptors (Lipinski definition) is 5. The number of benzene rings is 3. The normalized spacial score (nSPS) is 22.1. The van der Waals surface area contributed by atoms with Crippen molar-refractivity contribution >= 4 is 17.8 Å². The molecule has 0 aliphatic carbocycles. The highest BCUT2D eigenvalue weighted by atomic mass is 16.2. The summed E-state index contributed by atoms with van der Waals surface area (Å²) in [6, 6.07) is 27.8. The first kappa shape index (κ1) is 26.2. The molecule has 6 rings (SSSR count). The standard InChI is InChI=1S/C32H35N5O3/c1-22-18-34(19-23(2)37(22)30(25-9-5-3-6-10-25)26-11-7-4-8-12-26)20-24-13-14-28-27(17-24)21-36(31(28)39)35-16-15-29(38)33-32(35)40/h3-14,17,22-23,30H,15-16,18-21H2,1-2H3,(H,33,38,40). The van der Waals surface area contributed by atoms with Crippen LogP contribution in [0.2, 0.25) is 0 Å². The molecule has 2 unspecified atom stereocenters. The Morgan fingerprint density at radius 1 is 0.825 bits per heavy atom. The molecule has 0 spiro atoms. The first-order valence-corrected chi connectivity index (χ1v) is 14.0. The van der Waals surface area contributed by atoms with E-state index in [-0.39, 0.29) is 30.8 Å². The van der Waals surface area contributed by atoms with E-state index in [1.54, 1.807) is 0 Å². The minimum atomic E-state index is -0.539. The van der Waals surface area contributed by atoms with Gasteiger partial charge < -0.3 is 0 Å². The molecule has 2 saturated heterocycles. The summed E-state index contributed by atoms with van der Waals surface area (Å²) in [7, 11) is 0. The predicted molar refractivity (Wildman–Crippen MR) is 152 cm³/mol. The van der Waals surface area contributed by atoms with Crippen molar-refractivity contribution in [2.75, 3.05) is 19.6 Å². The van der Waals surface area contributed by atoms with Crippen LogP contribution in [0.4, 0.5) is 4.79 Å². The number of nitrogens with zero attached hydrogens (tertiary/aromatic N) is 4. The monoisotopic (exact) mass is 537 g/mol. The van der Waals surface area contributed by atoms with Crippen molar-refractivity contribution < 1.29 is 14.4 Å². The maximum absolute atomic E-state index is 13.0. The van der Waals surface area contributed by atoms with Gasteiger partial charge in [0.05, 0.1) is 19.1 Å². The topological polar surface area (TPSA) is 76.2 Å². The minimum absolute atomic E-state index is 0.189. The summed E-state index contributed by atoms with van der Waals surface area (Å²) in [5.41, 5.74) is 5.30. The largest absolute Gasteiger partial charge is 0.342 e. The van der Waals surface area contributed by atoms with E-state index in [1.165, 1.54) is 21.1 Å². The van der Waals surface area contributed by atoms with Gasteiger partial charge in [-0.15, -0.1) is 0 Å². The molecule has 206 valence electrons. The molecule has 0 saturated carbocycles. The van der Waals surface area contributed by atoms with Crippen molar-refractivity contribution in [2.45, 2.75) is 51.5 Å². The van der Waals surface area contributed by atoms with Gasteiger partial charge in [0.1, 0.15) is 0 Å². The van der Waals surface area contributed by atoms with Crippen molar-refractivity contribution in [1.82, 2.24) is 25.1 Å². The van der Waals surface area contributed by atoms with E-state index in [2.05, 4.69) is 95.7 Å². The zero-order chi connectivity index (χ0) is 27.8. The van der Waals surface area contributed by atoms with E-state index >= 15 is 0 Å². The molecule has 3 heterocycles. The van der Waals surface area contributed by atoms with Crippen LogP contribution < -0.4 is 5.32 Å². The molecule has 0 radical (unpaired) electrons. The van der Waals surface area contributed by atoms with Crippen molar-refractivity contribution in [3.05, 3.63) is 107 Å². The van der Waals surface area contributed by atoms with Gasteiger partial charge in [0.25, 0.3) is 5.91 Å². The Hall–Kier alpha value is -4.01. The lowest BCUT2D eigenvalue weighted by Gasteiger charge is -2.48. The van der Waals surface area contributed by atoms with Crippen LogP contribution in [0.5, 0.6) is 0 Å². The van der Waals surface area contributed by atoms with Crippen LogP contribution in [-0.4, -0.2) is 69.4 Å². The van der Waals surface area contributed by atoms with E-state index in [1.807, 2.05) is 12.1 Å². The molecular weight excluding hydrogens is 502 g/mol. The maximum Gasteiger partial charge on any atom is 0.342 e. The number of imide groups is 1. The van der Waals surface area contributed by atoms with Gasteiger partial charge in [0, 0.05) is 43.7 Å². The number of rotatable bonds is 6. The van der Waals surface area contributed by atoms with Gasteiger partial charge in [-0.05, 0) is 42.2 Å². The second kappa shape index (κ2) is 10.9. The number of hydrazine groups is 1. The number of nitrogens with one attached hydrogen (secondary N) is 1. The third-order valence-electron chi connectivity index (χ3n) is 8.28. The summed E-state index contributed by atoms with van der Waals surface area (Å²) in [6.07, 6.45) is 0.189. The molecule has 3 aliphatic rings. The third kappa shape index (κ3) is 5.00. The Morgan fingerprint density at radius 2 is 1.45 bits per heavy atom. The molecule has 3 aromatic carbocycles. The van der Waals surface area contributed by atoms with E-state index in [4.69, 9.17) is 0 Å². The molecule has 3 aromatic rings. The molecule has 8 heteroatoms. The van der Waals surface area contributed by atoms with Gasteiger partial charge in [-0.3, -0.25) is 24.7 Å². The predicted octanol–water partition coefficient (Wildman–Crippen LogP) is 4.18. The van der Waals surface area contributed by atoms with Gasteiger partial charge in [0.2, 0.25) is 5.91 Å². The van der Waals surface area contributed by atoms with E-state index < -0.39 is 6.03 Å². The lowest BCUT2D eigenvalue weighted by Crippen LogP contribution is -2.57. The molecule has 40 heavy (non-hydrogen) atoms. The molecule has 2 fully saturated rings. The van der Waals surface area contributed by atoms with Crippen LogP contribution in [0.3, 0.4) is 0 Å². The number of fused-ring (bicyclic) bond motifs is 1. The average molecular weight is 538 g/mol. The molecule has 8 nitrogen and oxygen atoms in total. The summed E-state index contributed by atoms with van der Waals surface area (Å²) in [4.78, 5) is 42.1. The number of urea groups is 1. The van der Waals surface area contributed by atoms with Crippen molar-refractivity contribution in [3.63, 3.8) is 0 Å². The Balaban J connectivity index is 1.16. The Kier molecular flexibility index (Phi) is 7.12. The fraction of sp³-hybridized carbons (Fsp3) is 0.344. The number of piperazine rings is 1. The second-order valence-electron chi connectivity index (χ2n) is 11.1. The zero-order valence-electron chi connectivity index (χ0n) is 23.0.